The van der Waals surface area contributed by atoms with Crippen LogP contribution in [0.15, 0.2) is 30.7 Å². The summed E-state index contributed by atoms with van der Waals surface area (Å²) in [4.78, 5) is 22.6. The number of rotatable bonds is 3. The first kappa shape index (κ1) is 14.5. The molecule has 2 aromatic rings. The van der Waals surface area contributed by atoms with Crippen molar-refractivity contribution in [2.45, 2.75) is 19.3 Å². The molecule has 1 aliphatic heterocycles. The van der Waals surface area contributed by atoms with E-state index in [1.807, 2.05) is 18.5 Å². The largest absolute Gasteiger partial charge is 0.359 e. The van der Waals surface area contributed by atoms with Crippen molar-refractivity contribution in [3.8, 4) is 11.1 Å². The molecular formula is C17H20N4O. The smallest absolute Gasteiger partial charge is 0.224 e. The predicted octanol–water partition coefficient (Wildman–Crippen LogP) is 1.81. The number of nitrogens with one attached hydrogen (secondary N) is 1. The lowest BCUT2D eigenvalue weighted by molar-refractivity contribution is -0.119. The number of carbonyl (C=O) groups is 1. The number of hydrogen-bond acceptors (Lipinski definition) is 4. The molecule has 0 aromatic carbocycles. The fourth-order valence-electron chi connectivity index (χ4n) is 2.82. The average molecular weight is 296 g/mol. The molecule has 114 valence electrons. The highest BCUT2D eigenvalue weighted by molar-refractivity contribution is 5.78. The van der Waals surface area contributed by atoms with Gasteiger partial charge in [-0.25, -0.2) is 4.98 Å². The van der Waals surface area contributed by atoms with E-state index in [0.717, 1.165) is 41.9 Å². The third-order valence-corrected chi connectivity index (χ3v) is 4.02. The lowest BCUT2D eigenvalue weighted by atomic mass is 10.0. The zero-order valence-corrected chi connectivity index (χ0v) is 13.0. The fourth-order valence-corrected chi connectivity index (χ4v) is 2.82. The number of hydrogen-bond donors (Lipinski definition) is 1. The minimum Gasteiger partial charge on any atom is -0.359 e. The molecular weight excluding hydrogens is 276 g/mol. The molecule has 1 aliphatic rings. The quantitative estimate of drug-likeness (QED) is 0.938. The van der Waals surface area contributed by atoms with Gasteiger partial charge in [-0.2, -0.15) is 0 Å². The molecule has 1 N–H and O–H groups in total. The van der Waals surface area contributed by atoms with Crippen LogP contribution in [0.2, 0.25) is 0 Å². The van der Waals surface area contributed by atoms with E-state index in [-0.39, 0.29) is 5.91 Å². The van der Waals surface area contributed by atoms with E-state index >= 15 is 0 Å². The molecule has 0 fully saturated rings. The number of aromatic nitrogens is 2. The topological polar surface area (TPSA) is 58.1 Å². The Bertz CT molecular complexity index is 699. The predicted molar refractivity (Wildman–Crippen MR) is 86.8 cm³/mol. The highest BCUT2D eigenvalue weighted by atomic mass is 16.1. The van der Waals surface area contributed by atoms with Crippen LogP contribution in [0.1, 0.15) is 17.5 Å². The van der Waals surface area contributed by atoms with E-state index in [4.69, 9.17) is 0 Å². The summed E-state index contributed by atoms with van der Waals surface area (Å²) in [6, 6.07) is 4.21. The number of aryl methyl sites for hydroxylation is 1. The molecule has 0 aliphatic carbocycles. The summed E-state index contributed by atoms with van der Waals surface area (Å²) in [6.07, 6.45) is 8.01. The Morgan fingerprint density at radius 1 is 1.27 bits per heavy atom. The molecule has 1 amide bonds. The number of likely N-dealkylation sites (N-methyl/N-ethyl adjacent to an activating group) is 1. The third kappa shape index (κ3) is 2.93. The van der Waals surface area contributed by atoms with E-state index < -0.39 is 0 Å². The maximum Gasteiger partial charge on any atom is 0.224 e. The van der Waals surface area contributed by atoms with Crippen LogP contribution in [0.4, 0.5) is 5.82 Å². The summed E-state index contributed by atoms with van der Waals surface area (Å²) in [5.41, 5.74) is 4.25. The van der Waals surface area contributed by atoms with Gasteiger partial charge in [0.05, 0.1) is 6.42 Å². The van der Waals surface area contributed by atoms with Gasteiger partial charge in [-0.3, -0.25) is 9.78 Å². The first-order chi connectivity index (χ1) is 10.7. The van der Waals surface area contributed by atoms with Crippen LogP contribution in [0.5, 0.6) is 0 Å². The van der Waals surface area contributed by atoms with E-state index in [0.29, 0.717) is 6.42 Å². The molecule has 5 nitrogen and oxygen atoms in total. The van der Waals surface area contributed by atoms with Crippen LogP contribution in [-0.2, 0) is 17.6 Å². The van der Waals surface area contributed by atoms with Gasteiger partial charge in [-0.05, 0) is 36.1 Å². The average Bonchev–Trinajstić information content (AvgIpc) is 2.55. The van der Waals surface area contributed by atoms with Crippen molar-refractivity contribution in [2.24, 2.45) is 0 Å². The molecule has 3 rings (SSSR count). The molecule has 22 heavy (non-hydrogen) atoms. The Morgan fingerprint density at radius 2 is 2.09 bits per heavy atom. The zero-order chi connectivity index (χ0) is 15.5. The van der Waals surface area contributed by atoms with Crippen LogP contribution in [0, 0.1) is 0 Å². The Morgan fingerprint density at radius 3 is 2.91 bits per heavy atom. The van der Waals surface area contributed by atoms with Gasteiger partial charge < -0.3 is 10.2 Å². The number of fused-ring (bicyclic) bond motifs is 1. The lowest BCUT2D eigenvalue weighted by Gasteiger charge is -2.26. The van der Waals surface area contributed by atoms with Gasteiger partial charge in [0, 0.05) is 50.4 Å². The van der Waals surface area contributed by atoms with Gasteiger partial charge in [0.25, 0.3) is 0 Å². The van der Waals surface area contributed by atoms with Gasteiger partial charge in [0.2, 0.25) is 5.91 Å². The maximum atomic E-state index is 11.5. The van der Waals surface area contributed by atoms with Crippen LogP contribution in [0.25, 0.3) is 11.1 Å². The van der Waals surface area contributed by atoms with Crippen molar-refractivity contribution in [1.82, 2.24) is 15.3 Å². The summed E-state index contributed by atoms with van der Waals surface area (Å²) in [5.74, 6) is 1.06. The molecule has 0 spiro atoms. The number of nitrogens with zero attached hydrogens (tertiary/aromatic N) is 3. The first-order valence-electron chi connectivity index (χ1n) is 7.52. The molecule has 2 aromatic heterocycles. The summed E-state index contributed by atoms with van der Waals surface area (Å²) < 4.78 is 0. The Hall–Kier alpha value is -2.43. The number of pyridine rings is 2. The monoisotopic (exact) mass is 296 g/mol. The molecule has 0 unspecified atom stereocenters. The highest BCUT2D eigenvalue weighted by Crippen LogP contribution is 2.28. The SMILES string of the molecule is CNC(=O)Cc1cncc(-c2cnc3c(c2)CCCN3C)c1. The summed E-state index contributed by atoms with van der Waals surface area (Å²) in [5, 5.41) is 2.63. The molecule has 0 saturated carbocycles. The minimum absolute atomic E-state index is 0.0101. The first-order valence-corrected chi connectivity index (χ1v) is 7.52. The Labute approximate surface area is 130 Å². The van der Waals surface area contributed by atoms with Gasteiger partial charge in [0.1, 0.15) is 5.82 Å². The van der Waals surface area contributed by atoms with Crippen molar-refractivity contribution < 1.29 is 4.79 Å². The summed E-state index contributed by atoms with van der Waals surface area (Å²) in [7, 11) is 3.72. The van der Waals surface area contributed by atoms with Crippen LogP contribution >= 0.6 is 0 Å². The van der Waals surface area contributed by atoms with Gasteiger partial charge in [0.15, 0.2) is 0 Å². The van der Waals surface area contributed by atoms with Gasteiger partial charge in [-0.1, -0.05) is 0 Å². The van der Waals surface area contributed by atoms with Crippen LogP contribution in [0.3, 0.4) is 0 Å². The molecule has 3 heterocycles. The second kappa shape index (κ2) is 6.13. The normalized spacial score (nSPS) is 13.6. The fraction of sp³-hybridized carbons (Fsp3) is 0.353. The molecule has 0 atom stereocenters. The maximum absolute atomic E-state index is 11.5. The van der Waals surface area contributed by atoms with Crippen molar-refractivity contribution >= 4 is 11.7 Å². The third-order valence-electron chi connectivity index (χ3n) is 4.02. The second-order valence-electron chi connectivity index (χ2n) is 5.66. The van der Waals surface area contributed by atoms with Crippen molar-refractivity contribution in [3.05, 3.63) is 41.9 Å². The molecule has 0 bridgehead atoms. The number of amides is 1. The van der Waals surface area contributed by atoms with E-state index in [1.54, 1.807) is 13.2 Å². The van der Waals surface area contributed by atoms with Crippen LogP contribution in [-0.4, -0.2) is 36.5 Å². The summed E-state index contributed by atoms with van der Waals surface area (Å²) in [6.45, 7) is 1.06. The lowest BCUT2D eigenvalue weighted by Crippen LogP contribution is -2.25. The Balaban J connectivity index is 1.91. The number of anilines is 1. The van der Waals surface area contributed by atoms with Crippen molar-refractivity contribution in [3.63, 3.8) is 0 Å². The van der Waals surface area contributed by atoms with Crippen LogP contribution < -0.4 is 10.2 Å². The summed E-state index contributed by atoms with van der Waals surface area (Å²) >= 11 is 0. The molecule has 0 saturated heterocycles. The van der Waals surface area contributed by atoms with Crippen molar-refractivity contribution in [2.75, 3.05) is 25.5 Å². The van der Waals surface area contributed by atoms with Gasteiger partial charge >= 0.3 is 0 Å². The zero-order valence-electron chi connectivity index (χ0n) is 13.0. The molecule has 5 heteroatoms. The Kier molecular flexibility index (Phi) is 4.04. The highest BCUT2D eigenvalue weighted by Gasteiger charge is 2.16. The minimum atomic E-state index is -0.0101. The van der Waals surface area contributed by atoms with E-state index in [2.05, 4.69) is 33.3 Å². The molecule has 0 radical (unpaired) electrons. The van der Waals surface area contributed by atoms with E-state index in [9.17, 15) is 4.79 Å². The van der Waals surface area contributed by atoms with E-state index in [1.165, 1.54) is 5.56 Å². The second-order valence-corrected chi connectivity index (χ2v) is 5.66. The standard InChI is InChI=1S/C17H20N4O/c1-18-16(22)7-12-6-14(10-19-9-12)15-8-13-4-3-5-21(2)17(13)20-11-15/h6,8-11H,3-5,7H2,1-2H3,(H,18,22). The number of carbonyl (C=O) groups excluding carboxylic acids is 1. The van der Waals surface area contributed by atoms with Gasteiger partial charge in [-0.15, -0.1) is 0 Å². The van der Waals surface area contributed by atoms with Crippen molar-refractivity contribution in [1.29, 1.82) is 0 Å².